The zero-order valence-corrected chi connectivity index (χ0v) is 14.1. The number of hydrogen-bond donors (Lipinski definition) is 1. The summed E-state index contributed by atoms with van der Waals surface area (Å²) in [5.41, 5.74) is 0. The molecule has 0 heterocycles. The second-order valence-corrected chi connectivity index (χ2v) is 9.12. The summed E-state index contributed by atoms with van der Waals surface area (Å²) < 4.78 is 50.0. The second-order valence-electron chi connectivity index (χ2n) is 5.02. The maximum absolute atomic E-state index is 12.3. The summed E-state index contributed by atoms with van der Waals surface area (Å²) in [6.45, 7) is 5.49. The highest BCUT2D eigenvalue weighted by atomic mass is 35.5. The predicted molar refractivity (Wildman–Crippen MR) is 79.2 cm³/mol. The summed E-state index contributed by atoms with van der Waals surface area (Å²) in [6.07, 6.45) is 1.01. The van der Waals surface area contributed by atoms with Crippen molar-refractivity contribution in [3.63, 3.8) is 0 Å². The number of halogens is 1. The van der Waals surface area contributed by atoms with Crippen LogP contribution in [0.4, 0.5) is 0 Å². The molecule has 114 valence electrons. The molecular weight excluding hydrogens is 322 g/mol. The van der Waals surface area contributed by atoms with Crippen molar-refractivity contribution in [3.05, 3.63) is 23.2 Å². The van der Waals surface area contributed by atoms with Crippen LogP contribution in [0.1, 0.15) is 20.8 Å². The molecule has 20 heavy (non-hydrogen) atoms. The van der Waals surface area contributed by atoms with Gasteiger partial charge in [0.15, 0.2) is 9.84 Å². The lowest BCUT2D eigenvalue weighted by Gasteiger charge is -2.18. The van der Waals surface area contributed by atoms with Gasteiger partial charge in [-0.2, -0.15) is 0 Å². The Hall–Kier alpha value is -0.630. The molecule has 0 aliphatic heterocycles. The van der Waals surface area contributed by atoms with Gasteiger partial charge in [0.2, 0.25) is 10.0 Å². The largest absolute Gasteiger partial charge is 0.242 e. The third-order valence-corrected chi connectivity index (χ3v) is 6.11. The van der Waals surface area contributed by atoms with Crippen molar-refractivity contribution in [1.29, 1.82) is 0 Å². The Kier molecular flexibility index (Phi) is 5.23. The Morgan fingerprint density at radius 1 is 1.10 bits per heavy atom. The molecule has 1 aromatic rings. The summed E-state index contributed by atoms with van der Waals surface area (Å²) >= 11 is 5.88. The van der Waals surface area contributed by atoms with Gasteiger partial charge in [0.05, 0.1) is 9.92 Å². The van der Waals surface area contributed by atoms with Crippen LogP contribution in [0.5, 0.6) is 0 Å². The molecule has 1 aromatic carbocycles. The van der Waals surface area contributed by atoms with Crippen molar-refractivity contribution in [2.24, 2.45) is 5.92 Å². The average Bonchev–Trinajstić information content (AvgIpc) is 2.26. The minimum absolute atomic E-state index is 0.0131. The van der Waals surface area contributed by atoms with Crippen molar-refractivity contribution in [3.8, 4) is 0 Å². The molecule has 0 saturated carbocycles. The lowest BCUT2D eigenvalue weighted by molar-refractivity contribution is 0.476. The van der Waals surface area contributed by atoms with E-state index in [-0.39, 0.29) is 26.8 Å². The molecule has 1 rings (SSSR count). The van der Waals surface area contributed by atoms with E-state index in [1.165, 1.54) is 12.1 Å². The van der Waals surface area contributed by atoms with Crippen molar-refractivity contribution in [2.75, 3.05) is 6.26 Å². The molecule has 1 N–H and O–H groups in total. The number of rotatable bonds is 5. The first-order valence-electron chi connectivity index (χ1n) is 5.97. The topological polar surface area (TPSA) is 80.3 Å². The van der Waals surface area contributed by atoms with Gasteiger partial charge in [-0.25, -0.2) is 21.6 Å². The normalized spacial score (nSPS) is 14.5. The first-order valence-corrected chi connectivity index (χ1v) is 9.72. The second kappa shape index (κ2) is 6.01. The molecule has 5 nitrogen and oxygen atoms in total. The fourth-order valence-electron chi connectivity index (χ4n) is 1.36. The SMILES string of the molecule is CC(C)C(C)NS(=O)(=O)c1cc(S(C)(=O)=O)ccc1Cl. The van der Waals surface area contributed by atoms with Gasteiger partial charge in [-0.15, -0.1) is 0 Å². The molecule has 0 bridgehead atoms. The van der Waals surface area contributed by atoms with Gasteiger partial charge < -0.3 is 0 Å². The molecule has 1 atom stereocenters. The Balaban J connectivity index is 3.32. The zero-order valence-electron chi connectivity index (χ0n) is 11.7. The third-order valence-electron chi connectivity index (χ3n) is 2.96. The Labute approximate surface area is 125 Å². The van der Waals surface area contributed by atoms with Crippen molar-refractivity contribution in [1.82, 2.24) is 4.72 Å². The zero-order chi connectivity index (χ0) is 15.7. The lowest BCUT2D eigenvalue weighted by Crippen LogP contribution is -2.36. The van der Waals surface area contributed by atoms with E-state index in [2.05, 4.69) is 4.72 Å². The van der Waals surface area contributed by atoms with Crippen LogP contribution >= 0.6 is 11.6 Å². The number of nitrogens with one attached hydrogen (secondary N) is 1. The van der Waals surface area contributed by atoms with E-state index in [9.17, 15) is 16.8 Å². The molecule has 0 radical (unpaired) electrons. The van der Waals surface area contributed by atoms with Gasteiger partial charge in [-0.3, -0.25) is 0 Å². The predicted octanol–water partition coefficient (Wildman–Crippen LogP) is 2.07. The van der Waals surface area contributed by atoms with E-state index in [4.69, 9.17) is 11.6 Å². The van der Waals surface area contributed by atoms with Crippen LogP contribution in [0.2, 0.25) is 5.02 Å². The minimum Gasteiger partial charge on any atom is -0.224 e. The van der Waals surface area contributed by atoms with E-state index in [0.717, 1.165) is 12.3 Å². The summed E-state index contributed by atoms with van der Waals surface area (Å²) in [5, 5.41) is -0.0131. The number of sulfonamides is 1. The van der Waals surface area contributed by atoms with Gasteiger partial charge >= 0.3 is 0 Å². The monoisotopic (exact) mass is 339 g/mol. The summed E-state index contributed by atoms with van der Waals surface area (Å²) in [6, 6.07) is 3.33. The van der Waals surface area contributed by atoms with Gasteiger partial charge in [-0.1, -0.05) is 25.4 Å². The van der Waals surface area contributed by atoms with Crippen LogP contribution in [0.25, 0.3) is 0 Å². The van der Waals surface area contributed by atoms with E-state index in [0.29, 0.717) is 0 Å². The number of sulfone groups is 1. The van der Waals surface area contributed by atoms with Crippen LogP contribution < -0.4 is 4.72 Å². The highest BCUT2D eigenvalue weighted by Gasteiger charge is 2.23. The Bertz CT molecular complexity index is 696. The van der Waals surface area contributed by atoms with Gasteiger partial charge in [0.25, 0.3) is 0 Å². The fourth-order valence-corrected chi connectivity index (χ4v) is 4.00. The molecular formula is C12H18ClNO4S2. The Morgan fingerprint density at radius 3 is 2.10 bits per heavy atom. The van der Waals surface area contributed by atoms with Gasteiger partial charge in [0, 0.05) is 12.3 Å². The molecule has 0 aromatic heterocycles. The van der Waals surface area contributed by atoms with Crippen LogP contribution in [-0.2, 0) is 19.9 Å². The third kappa shape index (κ3) is 4.18. The van der Waals surface area contributed by atoms with E-state index in [1.54, 1.807) is 6.92 Å². The van der Waals surface area contributed by atoms with E-state index in [1.807, 2.05) is 13.8 Å². The summed E-state index contributed by atoms with van der Waals surface area (Å²) in [4.78, 5) is -0.311. The molecule has 0 fully saturated rings. The van der Waals surface area contributed by atoms with Crippen LogP contribution in [0.3, 0.4) is 0 Å². The average molecular weight is 340 g/mol. The maximum Gasteiger partial charge on any atom is 0.242 e. The van der Waals surface area contributed by atoms with Gasteiger partial charge in [0.1, 0.15) is 4.90 Å². The van der Waals surface area contributed by atoms with Crippen LogP contribution in [0, 0.1) is 5.92 Å². The van der Waals surface area contributed by atoms with Gasteiger partial charge in [-0.05, 0) is 31.0 Å². The lowest BCUT2D eigenvalue weighted by atomic mass is 10.1. The number of hydrogen-bond acceptors (Lipinski definition) is 4. The first-order chi connectivity index (χ1) is 8.95. The van der Waals surface area contributed by atoms with E-state index < -0.39 is 19.9 Å². The summed E-state index contributed by atoms with van der Waals surface area (Å²) in [5.74, 6) is 0.0987. The molecule has 0 amide bonds. The molecule has 0 saturated heterocycles. The van der Waals surface area contributed by atoms with Crippen LogP contribution in [-0.4, -0.2) is 29.1 Å². The molecule has 0 aliphatic carbocycles. The molecule has 0 aliphatic rings. The highest BCUT2D eigenvalue weighted by Crippen LogP contribution is 2.25. The minimum atomic E-state index is -3.86. The standard InChI is InChI=1S/C12H18ClNO4S2/c1-8(2)9(3)14-20(17,18)12-7-10(19(4,15)16)5-6-11(12)13/h5-9,14H,1-4H3. The molecule has 0 spiro atoms. The first kappa shape index (κ1) is 17.4. The fraction of sp³-hybridized carbons (Fsp3) is 0.500. The molecule has 1 unspecified atom stereocenters. The number of benzene rings is 1. The van der Waals surface area contributed by atoms with Crippen molar-refractivity contribution in [2.45, 2.75) is 36.6 Å². The molecule has 8 heteroatoms. The quantitative estimate of drug-likeness (QED) is 0.890. The maximum atomic E-state index is 12.3. The Morgan fingerprint density at radius 2 is 1.65 bits per heavy atom. The highest BCUT2D eigenvalue weighted by molar-refractivity contribution is 7.91. The van der Waals surface area contributed by atoms with Crippen molar-refractivity contribution >= 4 is 31.5 Å². The van der Waals surface area contributed by atoms with Crippen molar-refractivity contribution < 1.29 is 16.8 Å². The van der Waals surface area contributed by atoms with E-state index >= 15 is 0 Å². The smallest absolute Gasteiger partial charge is 0.224 e. The summed E-state index contributed by atoms with van der Waals surface area (Å²) in [7, 11) is -7.36. The van der Waals surface area contributed by atoms with Crippen LogP contribution in [0.15, 0.2) is 28.0 Å².